The maximum absolute atomic E-state index is 13.2. The lowest BCUT2D eigenvalue weighted by Gasteiger charge is -2.12. The van der Waals surface area contributed by atoms with Crippen LogP contribution in [-0.2, 0) is 9.47 Å². The summed E-state index contributed by atoms with van der Waals surface area (Å²) in [5.41, 5.74) is 7.69. The van der Waals surface area contributed by atoms with Crippen molar-refractivity contribution >= 4 is 75.3 Å². The van der Waals surface area contributed by atoms with Crippen LogP contribution in [0.1, 0.15) is 24.0 Å². The quantitative estimate of drug-likeness (QED) is 0.0679. The Bertz CT molecular complexity index is 1700. The molecule has 47 heavy (non-hydrogen) atoms. The number of nitrogens with two attached hydrogens (primary N) is 1. The molecule has 17 heteroatoms. The fourth-order valence-electron chi connectivity index (χ4n) is 3.67. The van der Waals surface area contributed by atoms with Crippen LogP contribution >= 0.6 is 35.4 Å². The van der Waals surface area contributed by atoms with Crippen LogP contribution in [0.15, 0.2) is 48.8 Å². The summed E-state index contributed by atoms with van der Waals surface area (Å²) >= 11 is 16.5. The van der Waals surface area contributed by atoms with Gasteiger partial charge in [-0.1, -0.05) is 35.4 Å². The molecular formula is C30H32Cl2F2N10O2S. The zero-order valence-electron chi connectivity index (χ0n) is 25.4. The topological polar surface area (TPSA) is 168 Å². The Morgan fingerprint density at radius 2 is 1.34 bits per heavy atom. The van der Waals surface area contributed by atoms with E-state index in [0.717, 1.165) is 12.8 Å². The summed E-state index contributed by atoms with van der Waals surface area (Å²) in [6.07, 6.45) is 4.52. The first-order valence-corrected chi connectivity index (χ1v) is 15.1. The van der Waals surface area contributed by atoms with Gasteiger partial charge in [-0.3, -0.25) is 0 Å². The van der Waals surface area contributed by atoms with E-state index < -0.39 is 11.6 Å². The highest BCUT2D eigenvalue weighted by Crippen LogP contribution is 2.24. The first-order valence-electron chi connectivity index (χ1n) is 14.0. The van der Waals surface area contributed by atoms with Gasteiger partial charge in [0.2, 0.25) is 11.9 Å². The van der Waals surface area contributed by atoms with Gasteiger partial charge in [0.25, 0.3) is 0 Å². The number of nitrogens with one attached hydrogen (secondary N) is 4. The van der Waals surface area contributed by atoms with E-state index in [1.165, 1.54) is 48.8 Å². The van der Waals surface area contributed by atoms with Crippen LogP contribution in [-0.4, -0.2) is 65.4 Å². The first-order chi connectivity index (χ1) is 22.6. The fourth-order valence-corrected chi connectivity index (χ4v) is 4.18. The third kappa shape index (κ3) is 12.0. The molecule has 0 aliphatic heterocycles. The minimum absolute atomic E-state index is 0.00144. The number of aromatic nitrogens is 4. The van der Waals surface area contributed by atoms with Gasteiger partial charge in [-0.05, 0) is 49.2 Å². The summed E-state index contributed by atoms with van der Waals surface area (Å²) < 4.78 is 36.3. The van der Waals surface area contributed by atoms with Crippen molar-refractivity contribution < 1.29 is 18.3 Å². The minimum Gasteiger partial charge on any atom is -0.389 e. The molecule has 0 aliphatic rings. The third-order valence-corrected chi connectivity index (χ3v) is 6.75. The molecule has 0 amide bonds. The number of nitrogens with zero attached hydrogens (tertiary/aromatic N) is 5. The summed E-state index contributed by atoms with van der Waals surface area (Å²) in [7, 11) is 3.27. The number of hydrogen-bond donors (Lipinski definition) is 5. The average Bonchev–Trinajstić information content (AvgIpc) is 3.05. The number of anilines is 6. The van der Waals surface area contributed by atoms with Crippen molar-refractivity contribution in [1.82, 2.24) is 19.9 Å². The Balaban J connectivity index is 0.000000256. The summed E-state index contributed by atoms with van der Waals surface area (Å²) in [4.78, 5) is 17.0. The normalized spacial score (nSPS) is 10.3. The SMILES string of the molecule is COCCCNc1nc(Nc2ccc(F)c(Cl)c2)ncc1C#N.COCCCNc1nc(Nc2ccc(F)c(Cl)c2)ncc1C(N)=S. The molecule has 4 aromatic rings. The van der Waals surface area contributed by atoms with Crippen LogP contribution in [0.3, 0.4) is 0 Å². The van der Waals surface area contributed by atoms with Crippen LogP contribution in [0.25, 0.3) is 0 Å². The predicted molar refractivity (Wildman–Crippen MR) is 184 cm³/mol. The molecule has 0 atom stereocenters. The van der Waals surface area contributed by atoms with Crippen LogP contribution in [0, 0.1) is 23.0 Å². The van der Waals surface area contributed by atoms with Gasteiger partial charge < -0.3 is 36.5 Å². The number of methoxy groups -OCH3 is 2. The molecule has 6 N–H and O–H groups in total. The minimum atomic E-state index is -0.501. The second-order valence-electron chi connectivity index (χ2n) is 9.44. The Labute approximate surface area is 286 Å². The van der Waals surface area contributed by atoms with Gasteiger partial charge in [0.05, 0.1) is 21.8 Å². The van der Waals surface area contributed by atoms with Crippen LogP contribution in [0.4, 0.5) is 43.7 Å². The Hall–Kier alpha value is -4.46. The summed E-state index contributed by atoms with van der Waals surface area (Å²) in [6.45, 7) is 2.49. The zero-order chi connectivity index (χ0) is 34.2. The smallest absolute Gasteiger partial charge is 0.229 e. The zero-order valence-corrected chi connectivity index (χ0v) is 27.7. The molecule has 248 valence electrons. The van der Waals surface area contributed by atoms with E-state index >= 15 is 0 Å². The molecule has 0 saturated carbocycles. The number of ether oxygens (including phenoxy) is 2. The lowest BCUT2D eigenvalue weighted by atomic mass is 10.3. The second-order valence-corrected chi connectivity index (χ2v) is 10.7. The van der Waals surface area contributed by atoms with E-state index in [1.807, 2.05) is 6.07 Å². The predicted octanol–water partition coefficient (Wildman–Crippen LogP) is 6.43. The van der Waals surface area contributed by atoms with Gasteiger partial charge in [0.15, 0.2) is 0 Å². The van der Waals surface area contributed by atoms with E-state index in [9.17, 15) is 8.78 Å². The van der Waals surface area contributed by atoms with E-state index in [4.69, 9.17) is 55.9 Å². The molecular weight excluding hydrogens is 673 g/mol. The molecule has 0 saturated heterocycles. The Morgan fingerprint density at radius 3 is 1.81 bits per heavy atom. The highest BCUT2D eigenvalue weighted by atomic mass is 35.5. The van der Waals surface area contributed by atoms with Crippen molar-refractivity contribution in [2.45, 2.75) is 12.8 Å². The second kappa shape index (κ2) is 19.3. The van der Waals surface area contributed by atoms with E-state index in [1.54, 1.807) is 14.2 Å². The largest absolute Gasteiger partial charge is 0.389 e. The summed E-state index contributed by atoms with van der Waals surface area (Å²) in [6, 6.07) is 10.5. The lowest BCUT2D eigenvalue weighted by Crippen LogP contribution is -2.17. The van der Waals surface area contributed by atoms with Crippen molar-refractivity contribution in [1.29, 1.82) is 5.26 Å². The monoisotopic (exact) mass is 704 g/mol. The Morgan fingerprint density at radius 1 is 0.851 bits per heavy atom. The number of hydrogen-bond acceptors (Lipinski definition) is 12. The number of thiocarbonyl (C=S) groups is 1. The third-order valence-electron chi connectivity index (χ3n) is 5.95. The summed E-state index contributed by atoms with van der Waals surface area (Å²) in [5.74, 6) is 0.539. The van der Waals surface area contributed by atoms with Crippen molar-refractivity contribution in [2.24, 2.45) is 5.73 Å². The van der Waals surface area contributed by atoms with Gasteiger partial charge in [-0.2, -0.15) is 15.2 Å². The van der Waals surface area contributed by atoms with Crippen molar-refractivity contribution in [3.05, 3.63) is 81.6 Å². The highest BCUT2D eigenvalue weighted by Gasteiger charge is 2.11. The van der Waals surface area contributed by atoms with Gasteiger partial charge in [-0.25, -0.2) is 18.7 Å². The summed E-state index contributed by atoms with van der Waals surface area (Å²) in [5, 5.41) is 21.2. The van der Waals surface area contributed by atoms with Crippen LogP contribution < -0.4 is 27.0 Å². The van der Waals surface area contributed by atoms with Crippen molar-refractivity contribution in [2.75, 3.05) is 61.8 Å². The molecule has 0 bridgehead atoms. The average molecular weight is 706 g/mol. The molecule has 2 aromatic carbocycles. The molecule has 2 heterocycles. The maximum atomic E-state index is 13.2. The highest BCUT2D eigenvalue weighted by molar-refractivity contribution is 7.80. The number of benzene rings is 2. The standard InChI is InChI=1S/C15H17ClFN5OS.C15H15ClFN5O/c1-23-6-2-5-19-14-10(13(18)24)8-20-15(22-14)21-9-3-4-12(17)11(16)7-9;1-23-6-2-5-19-14-10(8-18)9-20-15(22-14)21-11-3-4-13(17)12(16)7-11/h3-4,7-8H,2,5-6H2,1H3,(H2,18,24)(H2,19,20,21,22);3-4,7,9H,2,5-6H2,1H3,(H2,19,20,21,22). The molecule has 0 radical (unpaired) electrons. The molecule has 0 fully saturated rings. The molecule has 12 nitrogen and oxygen atoms in total. The van der Waals surface area contributed by atoms with Crippen molar-refractivity contribution in [3.8, 4) is 6.07 Å². The molecule has 4 rings (SSSR count). The molecule has 0 aliphatic carbocycles. The van der Waals surface area contributed by atoms with E-state index in [0.29, 0.717) is 66.4 Å². The fraction of sp³-hybridized carbons (Fsp3) is 0.267. The van der Waals surface area contributed by atoms with Crippen LogP contribution in [0.5, 0.6) is 0 Å². The van der Waals surface area contributed by atoms with Gasteiger partial charge in [0.1, 0.15) is 39.9 Å². The van der Waals surface area contributed by atoms with Gasteiger partial charge in [0, 0.05) is 58.1 Å². The number of rotatable bonds is 15. The van der Waals surface area contributed by atoms with Crippen molar-refractivity contribution in [3.63, 3.8) is 0 Å². The van der Waals surface area contributed by atoms with Gasteiger partial charge in [-0.15, -0.1) is 0 Å². The number of nitriles is 1. The Kier molecular flexibility index (Phi) is 15.2. The molecule has 2 aromatic heterocycles. The van der Waals surface area contributed by atoms with E-state index in [-0.39, 0.29) is 21.0 Å². The number of halogens is 4. The lowest BCUT2D eigenvalue weighted by molar-refractivity contribution is 0.197. The van der Waals surface area contributed by atoms with Crippen LogP contribution in [0.2, 0.25) is 10.0 Å². The first kappa shape index (κ1) is 37.0. The maximum Gasteiger partial charge on any atom is 0.229 e. The van der Waals surface area contributed by atoms with E-state index in [2.05, 4.69) is 41.2 Å². The molecule has 0 spiro atoms. The van der Waals surface area contributed by atoms with Gasteiger partial charge >= 0.3 is 0 Å². The molecule has 0 unspecified atom stereocenters.